The Labute approximate surface area is 246 Å². The molecule has 2 saturated heterocycles. The maximum Gasteiger partial charge on any atom is 0.313 e. The molecule has 4 aliphatic heterocycles. The van der Waals surface area contributed by atoms with E-state index in [9.17, 15) is 24.3 Å². The Hall–Kier alpha value is -3.50. The standard InChI is InChI=1S/C32H41N3O7/c1-4-5-17-34-18-11-7-10-14-24(37)33(3)21(2)27(22-12-8-6-9-13-22)41-31(40)25-23-15-16-32(42-23)26(25)29(38)35(19-20-36)28(32)30(34)39/h6-9,11-13,15-16,21,23,25-28,36H,4-5,10,14,17-20H2,1-3H3/b11-7-/t21-,23+,25-,26-,27+,28+,32-/m0/s1. The summed E-state index contributed by atoms with van der Waals surface area (Å²) in [5.74, 6) is -3.33. The molecule has 0 radical (unpaired) electrons. The van der Waals surface area contributed by atoms with Gasteiger partial charge in [-0.1, -0.05) is 68.0 Å². The Morgan fingerprint density at radius 1 is 1.05 bits per heavy atom. The number of esters is 1. The Morgan fingerprint density at radius 2 is 1.81 bits per heavy atom. The minimum atomic E-state index is -1.33. The first-order valence-corrected chi connectivity index (χ1v) is 15.0. The Kier molecular flexibility index (Phi) is 8.84. The van der Waals surface area contributed by atoms with Crippen molar-refractivity contribution in [3.05, 3.63) is 60.2 Å². The highest BCUT2D eigenvalue weighted by atomic mass is 16.6. The predicted molar refractivity (Wildman–Crippen MR) is 154 cm³/mol. The van der Waals surface area contributed by atoms with Crippen LogP contribution in [-0.4, -0.2) is 101 Å². The van der Waals surface area contributed by atoms with Crippen molar-refractivity contribution in [2.24, 2.45) is 11.8 Å². The van der Waals surface area contributed by atoms with E-state index >= 15 is 0 Å². The van der Waals surface area contributed by atoms with Crippen LogP contribution in [-0.2, 0) is 28.7 Å². The number of aliphatic hydroxyl groups excluding tert-OH is 1. The van der Waals surface area contributed by atoms with Crippen LogP contribution in [0.4, 0.5) is 0 Å². The van der Waals surface area contributed by atoms with Gasteiger partial charge in [0, 0.05) is 33.1 Å². The molecule has 0 aliphatic carbocycles. The fraction of sp³-hybridized carbons (Fsp3) is 0.562. The maximum absolute atomic E-state index is 14.2. The first-order chi connectivity index (χ1) is 20.2. The molecule has 0 aromatic heterocycles. The number of fused-ring (bicyclic) bond motifs is 2. The third-order valence-electron chi connectivity index (χ3n) is 9.15. The molecule has 2 fully saturated rings. The molecule has 1 spiro atoms. The fourth-order valence-electron chi connectivity index (χ4n) is 6.80. The zero-order valence-electron chi connectivity index (χ0n) is 24.6. The van der Waals surface area contributed by atoms with Crippen molar-refractivity contribution in [1.29, 1.82) is 0 Å². The number of ether oxygens (including phenoxy) is 2. The quantitative estimate of drug-likeness (QED) is 0.406. The van der Waals surface area contributed by atoms with Crippen LogP contribution in [0.5, 0.6) is 0 Å². The molecule has 7 atom stereocenters. The molecule has 0 saturated carbocycles. The van der Waals surface area contributed by atoms with Crippen LogP contribution in [0.1, 0.15) is 51.2 Å². The van der Waals surface area contributed by atoms with Crippen molar-refractivity contribution < 1.29 is 33.8 Å². The van der Waals surface area contributed by atoms with Crippen molar-refractivity contribution in [2.75, 3.05) is 33.3 Å². The van der Waals surface area contributed by atoms with Crippen molar-refractivity contribution in [3.63, 3.8) is 0 Å². The van der Waals surface area contributed by atoms with Gasteiger partial charge >= 0.3 is 5.97 Å². The third kappa shape index (κ3) is 5.15. The van der Waals surface area contributed by atoms with Crippen LogP contribution in [0.15, 0.2) is 54.6 Å². The number of allylic oxidation sites excluding steroid dienone is 1. The fourth-order valence-corrected chi connectivity index (χ4v) is 6.80. The molecule has 3 amide bonds. The van der Waals surface area contributed by atoms with Crippen LogP contribution in [0.2, 0.25) is 0 Å². The second-order valence-electron chi connectivity index (χ2n) is 11.6. The van der Waals surface area contributed by atoms with Gasteiger partial charge in [-0.3, -0.25) is 19.2 Å². The van der Waals surface area contributed by atoms with Crippen molar-refractivity contribution in [3.8, 4) is 0 Å². The average Bonchev–Trinajstić information content (AvgIpc) is 3.63. The van der Waals surface area contributed by atoms with Gasteiger partial charge in [-0.25, -0.2) is 0 Å². The summed E-state index contributed by atoms with van der Waals surface area (Å²) < 4.78 is 12.6. The smallest absolute Gasteiger partial charge is 0.313 e. The molecule has 10 nitrogen and oxygen atoms in total. The maximum atomic E-state index is 14.2. The van der Waals surface area contributed by atoms with Gasteiger partial charge in [0.25, 0.3) is 0 Å². The molecule has 226 valence electrons. The van der Waals surface area contributed by atoms with Gasteiger partial charge in [0.2, 0.25) is 17.7 Å². The summed E-state index contributed by atoms with van der Waals surface area (Å²) in [6.07, 6.45) is 8.18. The summed E-state index contributed by atoms with van der Waals surface area (Å²) in [5, 5.41) is 9.88. The van der Waals surface area contributed by atoms with Crippen molar-refractivity contribution in [2.45, 2.75) is 69.4 Å². The molecule has 5 rings (SSSR count). The van der Waals surface area contributed by atoms with Gasteiger partial charge in [-0.05, 0) is 25.3 Å². The topological polar surface area (TPSA) is 117 Å². The number of amides is 3. The summed E-state index contributed by atoms with van der Waals surface area (Å²) >= 11 is 0. The molecule has 1 N–H and O–H groups in total. The Bertz CT molecular complexity index is 1250. The second kappa shape index (κ2) is 12.4. The zero-order chi connectivity index (χ0) is 30.0. The zero-order valence-corrected chi connectivity index (χ0v) is 24.6. The number of unbranched alkanes of at least 4 members (excludes halogenated alkanes) is 1. The first kappa shape index (κ1) is 30.0. The van der Waals surface area contributed by atoms with E-state index in [0.717, 1.165) is 18.4 Å². The number of rotatable bonds is 6. The molecular formula is C32H41N3O7. The number of likely N-dealkylation sites (N-methyl/N-ethyl adjacent to an activating group) is 1. The number of hydrogen-bond acceptors (Lipinski definition) is 7. The van der Waals surface area contributed by atoms with Gasteiger partial charge in [0.15, 0.2) is 0 Å². The number of carbonyl (C=O) groups excluding carboxylic acids is 4. The highest BCUT2D eigenvalue weighted by Crippen LogP contribution is 2.55. The number of carbonyl (C=O) groups is 4. The first-order valence-electron chi connectivity index (χ1n) is 15.0. The normalized spacial score (nSPS) is 34.2. The van der Waals surface area contributed by atoms with Crippen LogP contribution in [0.3, 0.4) is 0 Å². The molecule has 4 heterocycles. The van der Waals surface area contributed by atoms with Gasteiger partial charge in [-0.2, -0.15) is 0 Å². The van der Waals surface area contributed by atoms with Gasteiger partial charge in [-0.15, -0.1) is 0 Å². The van der Waals surface area contributed by atoms with Crippen LogP contribution < -0.4 is 0 Å². The van der Waals surface area contributed by atoms with E-state index in [0.29, 0.717) is 19.5 Å². The summed E-state index contributed by atoms with van der Waals surface area (Å²) in [4.78, 5) is 60.1. The van der Waals surface area contributed by atoms with E-state index < -0.39 is 53.6 Å². The van der Waals surface area contributed by atoms with E-state index in [4.69, 9.17) is 9.47 Å². The number of benzene rings is 1. The molecule has 1 aromatic rings. The summed E-state index contributed by atoms with van der Waals surface area (Å²) in [6, 6.07) is 7.74. The lowest BCUT2D eigenvalue weighted by Crippen LogP contribution is -2.56. The Balaban J connectivity index is 1.57. The van der Waals surface area contributed by atoms with E-state index in [-0.39, 0.29) is 31.4 Å². The lowest BCUT2D eigenvalue weighted by molar-refractivity contribution is -0.164. The number of nitrogens with zero attached hydrogens (tertiary/aromatic N) is 3. The molecule has 4 aliphatic rings. The highest BCUT2D eigenvalue weighted by Gasteiger charge is 2.73. The monoisotopic (exact) mass is 579 g/mol. The average molecular weight is 580 g/mol. The Morgan fingerprint density at radius 3 is 2.52 bits per heavy atom. The second-order valence-corrected chi connectivity index (χ2v) is 11.6. The van der Waals surface area contributed by atoms with E-state index in [1.165, 1.54) is 4.90 Å². The lowest BCUT2D eigenvalue weighted by Gasteiger charge is -2.35. The molecule has 42 heavy (non-hydrogen) atoms. The van der Waals surface area contributed by atoms with Crippen LogP contribution in [0.25, 0.3) is 0 Å². The highest BCUT2D eigenvalue weighted by molar-refractivity contribution is 5.99. The van der Waals surface area contributed by atoms with Crippen LogP contribution in [0, 0.1) is 11.8 Å². The number of β-amino-alcohol motifs (C(OH)–C–C–N with tert-alkyl or cyclic N) is 1. The third-order valence-corrected chi connectivity index (χ3v) is 9.15. The van der Waals surface area contributed by atoms with Crippen LogP contribution >= 0.6 is 0 Å². The van der Waals surface area contributed by atoms with Crippen molar-refractivity contribution in [1.82, 2.24) is 14.7 Å². The van der Waals surface area contributed by atoms with E-state index in [2.05, 4.69) is 0 Å². The van der Waals surface area contributed by atoms with Gasteiger partial charge < -0.3 is 29.3 Å². The molecular weight excluding hydrogens is 538 g/mol. The summed E-state index contributed by atoms with van der Waals surface area (Å²) in [6.45, 7) is 4.29. The minimum Gasteiger partial charge on any atom is -0.455 e. The van der Waals surface area contributed by atoms with Crippen molar-refractivity contribution >= 4 is 23.7 Å². The molecule has 10 heteroatoms. The van der Waals surface area contributed by atoms with Gasteiger partial charge in [0.05, 0.1) is 24.7 Å². The lowest BCUT2D eigenvalue weighted by atomic mass is 9.74. The minimum absolute atomic E-state index is 0.0504. The number of likely N-dealkylation sites (tertiary alicyclic amines) is 1. The predicted octanol–water partition coefficient (Wildman–Crippen LogP) is 2.24. The number of hydrogen-bond donors (Lipinski definition) is 1. The molecule has 0 unspecified atom stereocenters. The molecule has 1 aromatic carbocycles. The number of cyclic esters (lactones) is 1. The van der Waals surface area contributed by atoms with E-state index in [1.807, 2.05) is 56.3 Å². The summed E-state index contributed by atoms with van der Waals surface area (Å²) in [5.41, 5.74) is -0.607. The van der Waals surface area contributed by atoms with E-state index in [1.54, 1.807) is 29.0 Å². The molecule has 5 bridgehead atoms. The number of aliphatic hydroxyl groups is 1. The van der Waals surface area contributed by atoms with Gasteiger partial charge in [0.1, 0.15) is 23.7 Å². The summed E-state index contributed by atoms with van der Waals surface area (Å²) in [7, 11) is 1.70. The largest absolute Gasteiger partial charge is 0.455 e. The SMILES string of the molecule is CCCCN1C/C=C\CCC(=O)N(C)[C@@H](C)[C@H](c2ccccc2)OC(=O)[C@@H]2[C@H]3C(=O)N(CCO)[C@H](C1=O)[C@]31C=C[C@H]2O1.